The van der Waals surface area contributed by atoms with Gasteiger partial charge in [0, 0.05) is 25.4 Å². The van der Waals surface area contributed by atoms with Crippen molar-refractivity contribution in [1.29, 1.82) is 0 Å². The maximum atomic E-state index is 12.2. The molecule has 0 aliphatic carbocycles. The van der Waals surface area contributed by atoms with E-state index in [-0.39, 0.29) is 11.6 Å². The number of nitrogens with zero attached hydrogens (tertiary/aromatic N) is 3. The van der Waals surface area contributed by atoms with Crippen LogP contribution < -0.4 is 10.9 Å². The van der Waals surface area contributed by atoms with Crippen molar-refractivity contribution in [2.75, 3.05) is 5.32 Å². The summed E-state index contributed by atoms with van der Waals surface area (Å²) in [5.41, 5.74) is 0.536. The van der Waals surface area contributed by atoms with Crippen LogP contribution in [0.5, 0.6) is 0 Å². The predicted octanol–water partition coefficient (Wildman–Crippen LogP) is 1.39. The molecule has 0 unspecified atom stereocenters. The molecule has 90 valence electrons. The van der Waals surface area contributed by atoms with Gasteiger partial charge in [-0.2, -0.15) is 5.10 Å². The van der Waals surface area contributed by atoms with Crippen LogP contribution in [-0.4, -0.2) is 20.4 Å². The maximum Gasteiger partial charge on any atom is 0.279 e. The van der Waals surface area contributed by atoms with Gasteiger partial charge in [-0.25, -0.2) is 0 Å². The molecule has 0 aromatic carbocycles. The molecule has 0 bridgehead atoms. The standard InChI is InChI=1S/C12H16N4O/c1-9(2)14-10-5-4-8-16(12(10)17)11-6-7-13-15(11)3/h4-9,14H,1-3H3. The van der Waals surface area contributed by atoms with E-state index in [0.717, 1.165) is 5.82 Å². The van der Waals surface area contributed by atoms with Crippen molar-refractivity contribution in [2.45, 2.75) is 19.9 Å². The molecule has 0 spiro atoms. The quantitative estimate of drug-likeness (QED) is 0.870. The molecular weight excluding hydrogens is 216 g/mol. The van der Waals surface area contributed by atoms with Crippen molar-refractivity contribution in [3.05, 3.63) is 40.9 Å². The smallest absolute Gasteiger partial charge is 0.279 e. The monoisotopic (exact) mass is 232 g/mol. The van der Waals surface area contributed by atoms with E-state index in [1.165, 1.54) is 0 Å². The van der Waals surface area contributed by atoms with E-state index in [0.29, 0.717) is 5.69 Å². The third-order valence-corrected chi connectivity index (χ3v) is 2.43. The number of aryl methyl sites for hydroxylation is 1. The van der Waals surface area contributed by atoms with Gasteiger partial charge in [0.15, 0.2) is 0 Å². The second kappa shape index (κ2) is 4.45. The molecule has 0 atom stereocenters. The summed E-state index contributed by atoms with van der Waals surface area (Å²) in [6, 6.07) is 5.67. The van der Waals surface area contributed by atoms with Crippen molar-refractivity contribution in [3.63, 3.8) is 0 Å². The van der Waals surface area contributed by atoms with Gasteiger partial charge in [-0.05, 0) is 26.0 Å². The summed E-state index contributed by atoms with van der Waals surface area (Å²) in [6.45, 7) is 4.00. The molecular formula is C12H16N4O. The summed E-state index contributed by atoms with van der Waals surface area (Å²) in [5, 5.41) is 7.19. The second-order valence-electron chi connectivity index (χ2n) is 4.21. The second-order valence-corrected chi connectivity index (χ2v) is 4.21. The molecule has 0 aliphatic heterocycles. The van der Waals surface area contributed by atoms with Crippen LogP contribution in [-0.2, 0) is 7.05 Å². The lowest BCUT2D eigenvalue weighted by atomic mass is 10.3. The van der Waals surface area contributed by atoms with Crippen molar-refractivity contribution in [2.24, 2.45) is 7.05 Å². The highest BCUT2D eigenvalue weighted by molar-refractivity contribution is 5.43. The first-order valence-electron chi connectivity index (χ1n) is 5.56. The first kappa shape index (κ1) is 11.4. The molecule has 2 heterocycles. The Morgan fingerprint density at radius 2 is 2.12 bits per heavy atom. The molecule has 0 fully saturated rings. The van der Waals surface area contributed by atoms with E-state index in [4.69, 9.17) is 0 Å². The van der Waals surface area contributed by atoms with Crippen LogP contribution in [0.15, 0.2) is 35.4 Å². The van der Waals surface area contributed by atoms with Crippen molar-refractivity contribution in [3.8, 4) is 5.82 Å². The van der Waals surface area contributed by atoms with E-state index in [9.17, 15) is 4.79 Å². The molecule has 5 nitrogen and oxygen atoms in total. The molecule has 2 aromatic rings. The normalized spacial score (nSPS) is 10.8. The summed E-state index contributed by atoms with van der Waals surface area (Å²) in [7, 11) is 1.81. The van der Waals surface area contributed by atoms with Gasteiger partial charge in [-0.1, -0.05) is 0 Å². The topological polar surface area (TPSA) is 51.9 Å². The average molecular weight is 232 g/mol. The van der Waals surface area contributed by atoms with Crippen LogP contribution in [0, 0.1) is 0 Å². The highest BCUT2D eigenvalue weighted by atomic mass is 16.1. The number of aromatic nitrogens is 3. The molecule has 2 rings (SSSR count). The molecule has 0 saturated heterocycles. The Kier molecular flexibility index (Phi) is 2.99. The summed E-state index contributed by atoms with van der Waals surface area (Å²) >= 11 is 0. The minimum atomic E-state index is -0.0650. The Balaban J connectivity index is 2.50. The Morgan fingerprint density at radius 3 is 2.71 bits per heavy atom. The number of hydrogen-bond donors (Lipinski definition) is 1. The van der Waals surface area contributed by atoms with Gasteiger partial charge >= 0.3 is 0 Å². The maximum absolute atomic E-state index is 12.2. The fourth-order valence-corrected chi connectivity index (χ4v) is 1.70. The van der Waals surface area contributed by atoms with E-state index in [1.54, 1.807) is 33.8 Å². The zero-order valence-corrected chi connectivity index (χ0v) is 10.2. The number of pyridine rings is 1. The van der Waals surface area contributed by atoms with Crippen LogP contribution in [0.1, 0.15) is 13.8 Å². The van der Waals surface area contributed by atoms with Gasteiger partial charge in [0.25, 0.3) is 5.56 Å². The zero-order valence-electron chi connectivity index (χ0n) is 10.2. The van der Waals surface area contributed by atoms with E-state index in [1.807, 2.05) is 27.0 Å². The lowest BCUT2D eigenvalue weighted by Crippen LogP contribution is -2.25. The third kappa shape index (κ3) is 2.22. The minimum Gasteiger partial charge on any atom is -0.378 e. The summed E-state index contributed by atoms with van der Waals surface area (Å²) in [5.74, 6) is 0.752. The van der Waals surface area contributed by atoms with Gasteiger partial charge < -0.3 is 5.32 Å². The molecule has 2 aromatic heterocycles. The summed E-state index contributed by atoms with van der Waals surface area (Å²) in [4.78, 5) is 12.2. The van der Waals surface area contributed by atoms with Crippen molar-refractivity contribution >= 4 is 5.69 Å². The van der Waals surface area contributed by atoms with Crippen LogP contribution in [0.4, 0.5) is 5.69 Å². The summed E-state index contributed by atoms with van der Waals surface area (Å²) < 4.78 is 3.25. The van der Waals surface area contributed by atoms with Gasteiger partial charge in [-0.3, -0.25) is 14.0 Å². The number of anilines is 1. The van der Waals surface area contributed by atoms with Gasteiger partial charge in [-0.15, -0.1) is 0 Å². The van der Waals surface area contributed by atoms with E-state index >= 15 is 0 Å². The van der Waals surface area contributed by atoms with Crippen molar-refractivity contribution in [1.82, 2.24) is 14.3 Å². The van der Waals surface area contributed by atoms with Gasteiger partial charge in [0.2, 0.25) is 0 Å². The van der Waals surface area contributed by atoms with Crippen LogP contribution in [0.25, 0.3) is 5.82 Å². The molecule has 0 aliphatic rings. The third-order valence-electron chi connectivity index (χ3n) is 2.43. The number of hydrogen-bond acceptors (Lipinski definition) is 3. The SMILES string of the molecule is CC(C)Nc1cccn(-c2ccnn2C)c1=O. The fraction of sp³-hybridized carbons (Fsp3) is 0.333. The Hall–Kier alpha value is -2.04. The molecule has 0 saturated carbocycles. The largest absolute Gasteiger partial charge is 0.378 e. The Labute approximate surface area is 99.7 Å². The highest BCUT2D eigenvalue weighted by Gasteiger charge is 2.07. The highest BCUT2D eigenvalue weighted by Crippen LogP contribution is 2.06. The lowest BCUT2D eigenvalue weighted by Gasteiger charge is -2.11. The number of rotatable bonds is 3. The predicted molar refractivity (Wildman–Crippen MR) is 67.6 cm³/mol. The summed E-state index contributed by atoms with van der Waals surface area (Å²) in [6.07, 6.45) is 3.41. The first-order chi connectivity index (χ1) is 8.09. The van der Waals surface area contributed by atoms with E-state index < -0.39 is 0 Å². The van der Waals surface area contributed by atoms with Gasteiger partial charge in [0.05, 0.1) is 6.20 Å². The van der Waals surface area contributed by atoms with Crippen LogP contribution in [0.2, 0.25) is 0 Å². The molecule has 0 amide bonds. The first-order valence-corrected chi connectivity index (χ1v) is 5.56. The van der Waals surface area contributed by atoms with Gasteiger partial charge in [0.1, 0.15) is 11.5 Å². The lowest BCUT2D eigenvalue weighted by molar-refractivity contribution is 0.721. The van der Waals surface area contributed by atoms with E-state index in [2.05, 4.69) is 10.4 Å². The fourth-order valence-electron chi connectivity index (χ4n) is 1.70. The van der Waals surface area contributed by atoms with Crippen LogP contribution >= 0.6 is 0 Å². The average Bonchev–Trinajstić information content (AvgIpc) is 2.67. The minimum absolute atomic E-state index is 0.0650. The molecule has 0 radical (unpaired) electrons. The molecule has 5 heteroatoms. The zero-order chi connectivity index (χ0) is 12.4. The molecule has 1 N–H and O–H groups in total. The Morgan fingerprint density at radius 1 is 1.35 bits per heavy atom. The van der Waals surface area contributed by atoms with Crippen LogP contribution in [0.3, 0.4) is 0 Å². The van der Waals surface area contributed by atoms with Crippen molar-refractivity contribution < 1.29 is 0 Å². The molecule has 17 heavy (non-hydrogen) atoms. The number of nitrogens with one attached hydrogen (secondary N) is 1. The Bertz CT molecular complexity index is 568.